The maximum Gasteiger partial charge on any atom is 0.228 e. The van der Waals surface area contributed by atoms with Crippen molar-refractivity contribution in [2.45, 2.75) is 13.3 Å². The first kappa shape index (κ1) is 15.5. The fourth-order valence-corrected chi connectivity index (χ4v) is 1.87. The van der Waals surface area contributed by atoms with Crippen molar-refractivity contribution in [3.63, 3.8) is 0 Å². The van der Waals surface area contributed by atoms with Crippen LogP contribution in [-0.4, -0.2) is 29.1 Å². The minimum absolute atomic E-state index is 0.0768. The van der Waals surface area contributed by atoms with Crippen molar-refractivity contribution in [2.24, 2.45) is 11.7 Å². The second-order valence-electron chi connectivity index (χ2n) is 4.70. The van der Waals surface area contributed by atoms with Gasteiger partial charge in [0.1, 0.15) is 0 Å². The van der Waals surface area contributed by atoms with Gasteiger partial charge in [-0.15, -0.1) is 0 Å². The summed E-state index contributed by atoms with van der Waals surface area (Å²) in [6, 6.07) is 7.22. The number of nitrogens with zero attached hydrogens (tertiary/aromatic N) is 2. The fraction of sp³-hybridized carbons (Fsp3) is 0.357. The van der Waals surface area contributed by atoms with E-state index in [0.717, 1.165) is 5.56 Å². The summed E-state index contributed by atoms with van der Waals surface area (Å²) >= 11 is 5.92. The Hall–Kier alpha value is -1.92. The summed E-state index contributed by atoms with van der Waals surface area (Å²) in [5.41, 5.74) is 6.21. The topological polar surface area (TPSA) is 94.0 Å². The van der Waals surface area contributed by atoms with Crippen LogP contribution < -0.4 is 11.1 Å². The SMILES string of the molecule is CC(CN)C(=O)NCCc1nc(-c2cccc(Cl)c2)no1. The molecule has 6 nitrogen and oxygen atoms in total. The number of aromatic nitrogens is 2. The molecule has 1 heterocycles. The normalized spacial score (nSPS) is 12.1. The van der Waals surface area contributed by atoms with Gasteiger partial charge in [0, 0.05) is 36.0 Å². The number of hydrogen-bond acceptors (Lipinski definition) is 5. The second-order valence-corrected chi connectivity index (χ2v) is 5.14. The minimum Gasteiger partial charge on any atom is -0.355 e. The molecule has 3 N–H and O–H groups in total. The van der Waals surface area contributed by atoms with Crippen LogP contribution in [0.25, 0.3) is 11.4 Å². The quantitative estimate of drug-likeness (QED) is 0.846. The lowest BCUT2D eigenvalue weighted by Gasteiger charge is -2.08. The third-order valence-electron chi connectivity index (χ3n) is 2.99. The zero-order chi connectivity index (χ0) is 15.2. The van der Waals surface area contributed by atoms with Gasteiger partial charge in [-0.3, -0.25) is 4.79 Å². The van der Waals surface area contributed by atoms with E-state index in [2.05, 4.69) is 15.5 Å². The molecule has 1 unspecified atom stereocenters. The van der Waals surface area contributed by atoms with Crippen LogP contribution in [0.3, 0.4) is 0 Å². The molecule has 0 saturated heterocycles. The van der Waals surface area contributed by atoms with Crippen molar-refractivity contribution in [1.29, 1.82) is 0 Å². The van der Waals surface area contributed by atoms with E-state index in [9.17, 15) is 4.79 Å². The number of benzene rings is 1. The highest BCUT2D eigenvalue weighted by Crippen LogP contribution is 2.19. The predicted molar refractivity (Wildman–Crippen MR) is 79.7 cm³/mol. The Bertz CT molecular complexity index is 615. The summed E-state index contributed by atoms with van der Waals surface area (Å²) in [4.78, 5) is 15.8. The van der Waals surface area contributed by atoms with Crippen molar-refractivity contribution in [1.82, 2.24) is 15.5 Å². The molecule has 2 aromatic rings. The first-order valence-corrected chi connectivity index (χ1v) is 7.04. The van der Waals surface area contributed by atoms with E-state index in [-0.39, 0.29) is 11.8 Å². The standard InChI is InChI=1S/C14H17ClN4O2/c1-9(8-16)14(20)17-6-5-12-18-13(19-21-12)10-3-2-4-11(15)7-10/h2-4,7,9H,5-6,8,16H2,1H3,(H,17,20). The number of nitrogens with two attached hydrogens (primary N) is 1. The first-order chi connectivity index (χ1) is 10.1. The maximum atomic E-state index is 11.6. The van der Waals surface area contributed by atoms with Gasteiger partial charge in [-0.25, -0.2) is 0 Å². The summed E-state index contributed by atoms with van der Waals surface area (Å²) in [5, 5.41) is 7.28. The summed E-state index contributed by atoms with van der Waals surface area (Å²) < 4.78 is 5.15. The van der Waals surface area contributed by atoms with Crippen molar-refractivity contribution >= 4 is 17.5 Å². The van der Waals surface area contributed by atoms with Gasteiger partial charge < -0.3 is 15.6 Å². The minimum atomic E-state index is -0.199. The van der Waals surface area contributed by atoms with Crippen LogP contribution >= 0.6 is 11.6 Å². The van der Waals surface area contributed by atoms with Gasteiger partial charge in [0.2, 0.25) is 17.6 Å². The number of carbonyl (C=O) groups is 1. The molecule has 0 bridgehead atoms. The van der Waals surface area contributed by atoms with Gasteiger partial charge in [-0.2, -0.15) is 4.98 Å². The molecule has 0 aliphatic heterocycles. The third-order valence-corrected chi connectivity index (χ3v) is 3.23. The van der Waals surface area contributed by atoms with Crippen molar-refractivity contribution in [2.75, 3.05) is 13.1 Å². The van der Waals surface area contributed by atoms with Crippen LogP contribution in [0.1, 0.15) is 12.8 Å². The monoisotopic (exact) mass is 308 g/mol. The molecule has 1 atom stereocenters. The van der Waals surface area contributed by atoms with E-state index in [1.807, 2.05) is 12.1 Å². The largest absolute Gasteiger partial charge is 0.355 e. The Morgan fingerprint density at radius 2 is 2.33 bits per heavy atom. The molecule has 0 fully saturated rings. The van der Waals surface area contributed by atoms with Crippen LogP contribution in [-0.2, 0) is 11.2 Å². The first-order valence-electron chi connectivity index (χ1n) is 6.66. The highest BCUT2D eigenvalue weighted by Gasteiger charge is 2.12. The molecule has 112 valence electrons. The lowest BCUT2D eigenvalue weighted by Crippen LogP contribution is -2.34. The molecular weight excluding hydrogens is 292 g/mol. The molecule has 7 heteroatoms. The zero-order valence-electron chi connectivity index (χ0n) is 11.7. The fourth-order valence-electron chi connectivity index (χ4n) is 1.68. The average molecular weight is 309 g/mol. The van der Waals surface area contributed by atoms with Gasteiger partial charge in [0.05, 0.1) is 0 Å². The summed E-state index contributed by atoms with van der Waals surface area (Å²) in [7, 11) is 0. The number of rotatable bonds is 6. The molecule has 0 aliphatic rings. The summed E-state index contributed by atoms with van der Waals surface area (Å²) in [6.07, 6.45) is 0.469. The molecule has 1 aromatic heterocycles. The lowest BCUT2D eigenvalue weighted by atomic mass is 10.2. The maximum absolute atomic E-state index is 11.6. The van der Waals surface area contributed by atoms with Gasteiger partial charge in [-0.05, 0) is 12.1 Å². The van der Waals surface area contributed by atoms with E-state index < -0.39 is 0 Å². The smallest absolute Gasteiger partial charge is 0.228 e. The van der Waals surface area contributed by atoms with Crippen molar-refractivity contribution in [3.05, 3.63) is 35.2 Å². The number of halogens is 1. The average Bonchev–Trinajstić information content (AvgIpc) is 2.95. The Balaban J connectivity index is 1.90. The van der Waals surface area contributed by atoms with Crippen LogP contribution in [0.5, 0.6) is 0 Å². The Morgan fingerprint density at radius 1 is 1.52 bits per heavy atom. The van der Waals surface area contributed by atoms with Crippen LogP contribution in [0.4, 0.5) is 0 Å². The van der Waals surface area contributed by atoms with Crippen LogP contribution in [0.2, 0.25) is 5.02 Å². The molecule has 2 rings (SSSR count). The Kier molecular flexibility index (Phi) is 5.30. The van der Waals surface area contributed by atoms with Crippen molar-refractivity contribution < 1.29 is 9.32 Å². The van der Waals surface area contributed by atoms with Gasteiger partial charge in [0.15, 0.2) is 0 Å². The second kappa shape index (κ2) is 7.19. The van der Waals surface area contributed by atoms with Crippen LogP contribution in [0, 0.1) is 5.92 Å². The summed E-state index contributed by atoms with van der Waals surface area (Å²) in [5.74, 6) is 0.668. The van der Waals surface area contributed by atoms with Crippen molar-refractivity contribution in [3.8, 4) is 11.4 Å². The molecule has 0 saturated carbocycles. The number of nitrogens with one attached hydrogen (secondary N) is 1. The molecular formula is C14H17ClN4O2. The number of hydrogen-bond donors (Lipinski definition) is 2. The Morgan fingerprint density at radius 3 is 3.05 bits per heavy atom. The van der Waals surface area contributed by atoms with E-state index in [1.165, 1.54) is 0 Å². The zero-order valence-corrected chi connectivity index (χ0v) is 12.4. The Labute approximate surface area is 127 Å². The van der Waals surface area contributed by atoms with Gasteiger partial charge in [0.25, 0.3) is 0 Å². The molecule has 21 heavy (non-hydrogen) atoms. The van der Waals surface area contributed by atoms with E-state index in [1.54, 1.807) is 19.1 Å². The molecule has 0 spiro atoms. The number of amides is 1. The third kappa shape index (κ3) is 4.27. The van der Waals surface area contributed by atoms with Gasteiger partial charge in [-0.1, -0.05) is 35.8 Å². The molecule has 0 radical (unpaired) electrons. The highest BCUT2D eigenvalue weighted by atomic mass is 35.5. The predicted octanol–water partition coefficient (Wildman–Crippen LogP) is 1.64. The molecule has 1 amide bonds. The molecule has 0 aliphatic carbocycles. The van der Waals surface area contributed by atoms with E-state index in [4.69, 9.17) is 21.9 Å². The summed E-state index contributed by atoms with van der Waals surface area (Å²) in [6.45, 7) is 2.53. The van der Waals surface area contributed by atoms with Crippen LogP contribution in [0.15, 0.2) is 28.8 Å². The van der Waals surface area contributed by atoms with E-state index in [0.29, 0.717) is 36.2 Å². The highest BCUT2D eigenvalue weighted by molar-refractivity contribution is 6.30. The lowest BCUT2D eigenvalue weighted by molar-refractivity contribution is -0.124. The van der Waals surface area contributed by atoms with E-state index >= 15 is 0 Å². The van der Waals surface area contributed by atoms with Gasteiger partial charge >= 0.3 is 0 Å². The number of carbonyl (C=O) groups excluding carboxylic acids is 1. The molecule has 1 aromatic carbocycles.